The fourth-order valence-corrected chi connectivity index (χ4v) is 3.57. The highest BCUT2D eigenvalue weighted by Crippen LogP contribution is 2.18. The summed E-state index contributed by atoms with van der Waals surface area (Å²) in [5.41, 5.74) is 0. The summed E-state index contributed by atoms with van der Waals surface area (Å²) in [6.45, 7) is 5.31. The van der Waals surface area contributed by atoms with Gasteiger partial charge in [0, 0.05) is 23.7 Å². The Labute approximate surface area is 113 Å². The average molecular weight is 289 g/mol. The highest BCUT2D eigenvalue weighted by atomic mass is 32.2. The van der Waals surface area contributed by atoms with Crippen LogP contribution in [0.5, 0.6) is 0 Å². The molecule has 0 aliphatic heterocycles. The third kappa shape index (κ3) is 3.81. The molecule has 1 heterocycles. The van der Waals surface area contributed by atoms with Gasteiger partial charge >= 0.3 is 0 Å². The summed E-state index contributed by atoms with van der Waals surface area (Å²) in [4.78, 5) is 15.3. The molecule has 0 spiro atoms. The lowest BCUT2D eigenvalue weighted by atomic mass is 10.3. The fraction of sp³-hybridized carbons (Fsp3) is 0.583. The van der Waals surface area contributed by atoms with Crippen molar-refractivity contribution in [3.8, 4) is 0 Å². The van der Waals surface area contributed by atoms with Crippen LogP contribution in [0, 0.1) is 6.92 Å². The first kappa shape index (κ1) is 15.2. The first-order valence-electron chi connectivity index (χ1n) is 5.81. The molecule has 0 N–H and O–H groups in total. The Hall–Kier alpha value is -0.880. The monoisotopic (exact) mass is 289 g/mol. The molecule has 4 nitrogen and oxygen atoms in total. The molecule has 0 radical (unpaired) electrons. The topological polar surface area (TPSA) is 54.5 Å². The Kier molecular flexibility index (Phi) is 4.92. The number of rotatable bonds is 5. The molecular formula is C12H19NO3S2. The van der Waals surface area contributed by atoms with E-state index in [-0.39, 0.29) is 23.5 Å². The molecule has 0 bridgehead atoms. The van der Waals surface area contributed by atoms with Gasteiger partial charge in [0.2, 0.25) is 0 Å². The predicted octanol–water partition coefficient (Wildman–Crippen LogP) is 1.95. The lowest BCUT2D eigenvalue weighted by Gasteiger charge is -2.24. The number of thiophene rings is 1. The molecule has 0 aromatic carbocycles. The Balaban J connectivity index is 2.75. The van der Waals surface area contributed by atoms with Gasteiger partial charge in [0.15, 0.2) is 9.84 Å². The summed E-state index contributed by atoms with van der Waals surface area (Å²) in [7, 11) is -1.42. The highest BCUT2D eigenvalue weighted by Gasteiger charge is 2.22. The van der Waals surface area contributed by atoms with E-state index in [1.807, 2.05) is 13.0 Å². The molecular weight excluding hydrogens is 270 g/mol. The molecule has 0 aliphatic rings. The molecule has 0 unspecified atom stereocenters. The second-order valence-corrected chi connectivity index (χ2v) is 8.06. The van der Waals surface area contributed by atoms with Gasteiger partial charge in [-0.15, -0.1) is 11.3 Å². The molecule has 1 amide bonds. The van der Waals surface area contributed by atoms with E-state index in [0.717, 1.165) is 4.88 Å². The van der Waals surface area contributed by atoms with E-state index in [4.69, 9.17) is 0 Å². The van der Waals surface area contributed by atoms with Crippen molar-refractivity contribution in [2.24, 2.45) is 0 Å². The Morgan fingerprint density at radius 3 is 2.50 bits per heavy atom. The first-order chi connectivity index (χ1) is 8.26. The van der Waals surface area contributed by atoms with Crippen LogP contribution in [-0.2, 0) is 9.84 Å². The van der Waals surface area contributed by atoms with E-state index in [2.05, 4.69) is 0 Å². The maximum absolute atomic E-state index is 12.1. The number of nitrogens with zero attached hydrogens (tertiary/aromatic N) is 1. The van der Waals surface area contributed by atoms with Crippen molar-refractivity contribution in [1.82, 2.24) is 4.90 Å². The van der Waals surface area contributed by atoms with Crippen LogP contribution < -0.4 is 0 Å². The molecule has 18 heavy (non-hydrogen) atoms. The van der Waals surface area contributed by atoms with Crippen molar-refractivity contribution in [2.45, 2.75) is 26.8 Å². The average Bonchev–Trinajstić information content (AvgIpc) is 2.73. The zero-order valence-corrected chi connectivity index (χ0v) is 12.8. The second-order valence-electron chi connectivity index (χ2n) is 4.37. The second kappa shape index (κ2) is 5.84. The van der Waals surface area contributed by atoms with Crippen LogP contribution in [0.4, 0.5) is 0 Å². The van der Waals surface area contributed by atoms with Gasteiger partial charge in [-0.25, -0.2) is 8.42 Å². The summed E-state index contributed by atoms with van der Waals surface area (Å²) >= 11 is 1.42. The Morgan fingerprint density at radius 2 is 2.06 bits per heavy atom. The minimum Gasteiger partial charge on any atom is -0.337 e. The lowest BCUT2D eigenvalue weighted by Crippen LogP contribution is -2.39. The van der Waals surface area contributed by atoms with Crippen molar-refractivity contribution >= 4 is 27.1 Å². The van der Waals surface area contributed by atoms with Crippen LogP contribution >= 0.6 is 11.3 Å². The standard InChI is InChI=1S/C12H19NO3S2/c1-5-18(15,16)8-9(2)13(4)12(14)11-7-6-10(3)17-11/h6-7,9H,5,8H2,1-4H3/t9-/m0/s1. The third-order valence-corrected chi connectivity index (χ3v) is 5.73. The number of amides is 1. The van der Waals surface area contributed by atoms with Gasteiger partial charge in [-0.3, -0.25) is 4.79 Å². The molecule has 0 saturated carbocycles. The zero-order chi connectivity index (χ0) is 13.9. The summed E-state index contributed by atoms with van der Waals surface area (Å²) in [6.07, 6.45) is 0. The van der Waals surface area contributed by atoms with Gasteiger partial charge < -0.3 is 4.90 Å². The van der Waals surface area contributed by atoms with Gasteiger partial charge in [0.1, 0.15) is 0 Å². The van der Waals surface area contributed by atoms with Crippen LogP contribution in [0.3, 0.4) is 0 Å². The number of carbonyl (C=O) groups is 1. The van der Waals surface area contributed by atoms with Crippen molar-refractivity contribution in [2.75, 3.05) is 18.6 Å². The van der Waals surface area contributed by atoms with Crippen LogP contribution in [0.1, 0.15) is 28.4 Å². The van der Waals surface area contributed by atoms with E-state index in [0.29, 0.717) is 4.88 Å². The summed E-state index contributed by atoms with van der Waals surface area (Å²) in [5, 5.41) is 0. The van der Waals surface area contributed by atoms with Gasteiger partial charge in [-0.05, 0) is 26.0 Å². The molecule has 102 valence electrons. The maximum atomic E-state index is 12.1. The van der Waals surface area contributed by atoms with E-state index in [1.54, 1.807) is 27.0 Å². The number of hydrogen-bond acceptors (Lipinski definition) is 4. The smallest absolute Gasteiger partial charge is 0.263 e. The van der Waals surface area contributed by atoms with Crippen molar-refractivity contribution < 1.29 is 13.2 Å². The fourth-order valence-electron chi connectivity index (χ4n) is 1.52. The number of aryl methyl sites for hydroxylation is 1. The van der Waals surface area contributed by atoms with Crippen molar-refractivity contribution in [3.05, 3.63) is 21.9 Å². The lowest BCUT2D eigenvalue weighted by molar-refractivity contribution is 0.0761. The summed E-state index contributed by atoms with van der Waals surface area (Å²) < 4.78 is 23.1. The summed E-state index contributed by atoms with van der Waals surface area (Å²) in [5.74, 6) is 0.0000207. The Bertz CT molecular complexity index is 519. The molecule has 6 heteroatoms. The van der Waals surface area contributed by atoms with Crippen LogP contribution in [0.2, 0.25) is 0 Å². The molecule has 1 rings (SSSR count). The van der Waals surface area contributed by atoms with E-state index in [9.17, 15) is 13.2 Å². The van der Waals surface area contributed by atoms with Crippen molar-refractivity contribution in [1.29, 1.82) is 0 Å². The molecule has 0 aliphatic carbocycles. The number of sulfone groups is 1. The van der Waals surface area contributed by atoms with Crippen LogP contribution in [0.25, 0.3) is 0 Å². The first-order valence-corrected chi connectivity index (χ1v) is 8.44. The third-order valence-electron chi connectivity index (χ3n) is 2.87. The van der Waals surface area contributed by atoms with Gasteiger partial charge in [-0.2, -0.15) is 0 Å². The van der Waals surface area contributed by atoms with Crippen LogP contribution in [-0.4, -0.2) is 43.8 Å². The highest BCUT2D eigenvalue weighted by molar-refractivity contribution is 7.91. The summed E-state index contributed by atoms with van der Waals surface area (Å²) in [6, 6.07) is 3.35. The molecule has 1 aromatic heterocycles. The van der Waals surface area contributed by atoms with Crippen molar-refractivity contribution in [3.63, 3.8) is 0 Å². The minimum absolute atomic E-state index is 0.0100. The van der Waals surface area contributed by atoms with E-state index in [1.165, 1.54) is 16.2 Å². The molecule has 1 atom stereocenters. The van der Waals surface area contributed by atoms with Gasteiger partial charge in [-0.1, -0.05) is 6.92 Å². The van der Waals surface area contributed by atoms with E-state index < -0.39 is 9.84 Å². The SMILES string of the molecule is CCS(=O)(=O)C[C@H](C)N(C)C(=O)c1ccc(C)s1. The van der Waals surface area contributed by atoms with Gasteiger partial charge in [0.05, 0.1) is 10.6 Å². The Morgan fingerprint density at radius 1 is 1.44 bits per heavy atom. The number of hydrogen-bond donors (Lipinski definition) is 0. The normalized spacial score (nSPS) is 13.3. The zero-order valence-electron chi connectivity index (χ0n) is 11.1. The number of carbonyl (C=O) groups excluding carboxylic acids is 1. The van der Waals surface area contributed by atoms with E-state index >= 15 is 0 Å². The predicted molar refractivity (Wildman–Crippen MR) is 74.9 cm³/mol. The largest absolute Gasteiger partial charge is 0.337 e. The molecule has 0 fully saturated rings. The minimum atomic E-state index is -3.06. The quantitative estimate of drug-likeness (QED) is 0.832. The maximum Gasteiger partial charge on any atom is 0.263 e. The molecule has 0 saturated heterocycles. The van der Waals surface area contributed by atoms with Crippen LogP contribution in [0.15, 0.2) is 12.1 Å². The molecule has 1 aromatic rings. The van der Waals surface area contributed by atoms with Gasteiger partial charge in [0.25, 0.3) is 5.91 Å².